The first-order valence-electron chi connectivity index (χ1n) is 5.79. The highest BCUT2D eigenvalue weighted by atomic mass is 79.9. The van der Waals surface area contributed by atoms with E-state index in [9.17, 15) is 4.79 Å². The van der Waals surface area contributed by atoms with E-state index in [0.717, 1.165) is 19.2 Å². The summed E-state index contributed by atoms with van der Waals surface area (Å²) in [6.45, 7) is 3.94. The lowest BCUT2D eigenvalue weighted by Crippen LogP contribution is -2.26. The van der Waals surface area contributed by atoms with Gasteiger partial charge in [-0.25, -0.2) is 0 Å². The molecule has 0 aliphatic heterocycles. The van der Waals surface area contributed by atoms with Crippen molar-refractivity contribution in [1.29, 1.82) is 0 Å². The van der Waals surface area contributed by atoms with Gasteiger partial charge in [-0.3, -0.25) is 4.79 Å². The largest absolute Gasteiger partial charge is 0.345 e. The van der Waals surface area contributed by atoms with Crippen molar-refractivity contribution in [2.45, 2.75) is 19.9 Å². The number of nitrogens with one attached hydrogen (secondary N) is 1. The Labute approximate surface area is 129 Å². The Morgan fingerprint density at radius 2 is 2.11 bits per heavy atom. The molecule has 0 radical (unpaired) electrons. The van der Waals surface area contributed by atoms with Gasteiger partial charge in [0.15, 0.2) is 0 Å². The molecule has 100 valence electrons. The van der Waals surface area contributed by atoms with E-state index in [2.05, 4.69) is 21.2 Å². The molecule has 1 aromatic carbocycles. The van der Waals surface area contributed by atoms with E-state index in [1.54, 1.807) is 0 Å². The van der Waals surface area contributed by atoms with Crippen LogP contribution in [0.25, 0.3) is 0 Å². The van der Waals surface area contributed by atoms with Crippen LogP contribution >= 0.6 is 38.9 Å². The molecule has 1 N–H and O–H groups in total. The number of carbonyl (C=O) groups excluding carboxylic acids is 1. The van der Waals surface area contributed by atoms with Crippen molar-refractivity contribution < 1.29 is 4.79 Å². The maximum Gasteiger partial charge on any atom is 0.251 e. The molecular weight excluding hydrogens is 346 g/mol. The SMILES string of the molecule is Cc1ccc(C(=O)NC(C)c2ccc(Cl)s2)cc1Br. The third kappa shape index (κ3) is 3.59. The van der Waals surface area contributed by atoms with Gasteiger partial charge in [0, 0.05) is 14.9 Å². The molecule has 2 nitrogen and oxygen atoms in total. The van der Waals surface area contributed by atoms with Crippen molar-refractivity contribution in [2.75, 3.05) is 0 Å². The quantitative estimate of drug-likeness (QED) is 0.825. The Morgan fingerprint density at radius 1 is 1.37 bits per heavy atom. The molecule has 0 saturated heterocycles. The van der Waals surface area contributed by atoms with E-state index in [-0.39, 0.29) is 11.9 Å². The Morgan fingerprint density at radius 3 is 2.68 bits per heavy atom. The molecule has 0 bridgehead atoms. The lowest BCUT2D eigenvalue weighted by molar-refractivity contribution is 0.0940. The van der Waals surface area contributed by atoms with Gasteiger partial charge >= 0.3 is 0 Å². The zero-order valence-corrected chi connectivity index (χ0v) is 13.7. The number of hydrogen-bond donors (Lipinski definition) is 1. The van der Waals surface area contributed by atoms with Gasteiger partial charge in [0.05, 0.1) is 10.4 Å². The summed E-state index contributed by atoms with van der Waals surface area (Å²) >= 11 is 10.8. The van der Waals surface area contributed by atoms with Gasteiger partial charge in [-0.05, 0) is 43.7 Å². The molecule has 1 heterocycles. The van der Waals surface area contributed by atoms with Crippen molar-refractivity contribution in [3.63, 3.8) is 0 Å². The number of aryl methyl sites for hydroxylation is 1. The molecule has 2 rings (SSSR count). The van der Waals surface area contributed by atoms with E-state index in [0.29, 0.717) is 5.56 Å². The average molecular weight is 359 g/mol. The van der Waals surface area contributed by atoms with Gasteiger partial charge in [0.1, 0.15) is 0 Å². The first-order chi connectivity index (χ1) is 8.97. The molecule has 1 atom stereocenters. The summed E-state index contributed by atoms with van der Waals surface area (Å²) in [4.78, 5) is 13.2. The maximum atomic E-state index is 12.1. The lowest BCUT2D eigenvalue weighted by atomic mass is 10.1. The fourth-order valence-corrected chi connectivity index (χ4v) is 3.09. The van der Waals surface area contributed by atoms with Crippen LogP contribution in [0.15, 0.2) is 34.8 Å². The molecule has 1 unspecified atom stereocenters. The zero-order valence-electron chi connectivity index (χ0n) is 10.5. The van der Waals surface area contributed by atoms with E-state index in [1.165, 1.54) is 11.3 Å². The molecule has 1 aromatic heterocycles. The molecular formula is C14H13BrClNOS. The molecule has 5 heteroatoms. The van der Waals surface area contributed by atoms with Crippen molar-refractivity contribution in [3.8, 4) is 0 Å². The highest BCUT2D eigenvalue weighted by Gasteiger charge is 2.13. The average Bonchev–Trinajstić information content (AvgIpc) is 2.79. The topological polar surface area (TPSA) is 29.1 Å². The lowest BCUT2D eigenvalue weighted by Gasteiger charge is -2.12. The number of halogens is 2. The summed E-state index contributed by atoms with van der Waals surface area (Å²) in [6, 6.07) is 9.30. The number of hydrogen-bond acceptors (Lipinski definition) is 2. The Kier molecular flexibility index (Phi) is 4.66. The van der Waals surface area contributed by atoms with Gasteiger partial charge < -0.3 is 5.32 Å². The summed E-state index contributed by atoms with van der Waals surface area (Å²) in [5, 5.41) is 2.96. The molecule has 19 heavy (non-hydrogen) atoms. The van der Waals surface area contributed by atoms with E-state index >= 15 is 0 Å². The van der Waals surface area contributed by atoms with Crippen molar-refractivity contribution in [1.82, 2.24) is 5.32 Å². The van der Waals surface area contributed by atoms with Crippen LogP contribution in [0, 0.1) is 6.92 Å². The molecule has 0 spiro atoms. The summed E-state index contributed by atoms with van der Waals surface area (Å²) in [5.74, 6) is -0.0854. The van der Waals surface area contributed by atoms with Crippen molar-refractivity contribution in [2.24, 2.45) is 0 Å². The summed E-state index contributed by atoms with van der Waals surface area (Å²) in [6.07, 6.45) is 0. The van der Waals surface area contributed by atoms with Crippen LogP contribution in [0.5, 0.6) is 0 Å². The summed E-state index contributed by atoms with van der Waals surface area (Å²) < 4.78 is 1.67. The maximum absolute atomic E-state index is 12.1. The number of benzene rings is 1. The first-order valence-corrected chi connectivity index (χ1v) is 7.78. The van der Waals surface area contributed by atoms with Crippen molar-refractivity contribution in [3.05, 3.63) is 55.1 Å². The number of rotatable bonds is 3. The highest BCUT2D eigenvalue weighted by Crippen LogP contribution is 2.27. The molecule has 1 amide bonds. The van der Waals surface area contributed by atoms with E-state index < -0.39 is 0 Å². The van der Waals surface area contributed by atoms with Gasteiger partial charge in [0.2, 0.25) is 0 Å². The van der Waals surface area contributed by atoms with Crippen LogP contribution in [0.1, 0.15) is 33.8 Å². The minimum Gasteiger partial charge on any atom is -0.345 e. The van der Waals surface area contributed by atoms with E-state index in [1.807, 2.05) is 44.2 Å². The second-order valence-electron chi connectivity index (χ2n) is 4.30. The van der Waals surface area contributed by atoms with Crippen molar-refractivity contribution >= 4 is 44.8 Å². The van der Waals surface area contributed by atoms with Crippen LogP contribution < -0.4 is 5.32 Å². The standard InChI is InChI=1S/C14H13BrClNOS/c1-8-3-4-10(7-11(8)15)14(18)17-9(2)12-5-6-13(16)19-12/h3-7,9H,1-2H3,(H,17,18). The van der Waals surface area contributed by atoms with Gasteiger partial charge in [-0.1, -0.05) is 33.6 Å². The fourth-order valence-electron chi connectivity index (χ4n) is 1.65. The molecule has 0 saturated carbocycles. The van der Waals surface area contributed by atoms with Gasteiger partial charge in [0.25, 0.3) is 5.91 Å². The molecule has 0 aliphatic carbocycles. The number of thiophene rings is 1. The summed E-state index contributed by atoms with van der Waals surface area (Å²) in [5.41, 5.74) is 1.75. The third-order valence-corrected chi connectivity index (χ3v) is 5.07. The normalized spacial score (nSPS) is 12.2. The monoisotopic (exact) mass is 357 g/mol. The Balaban J connectivity index is 2.10. The molecule has 0 fully saturated rings. The zero-order chi connectivity index (χ0) is 14.0. The highest BCUT2D eigenvalue weighted by molar-refractivity contribution is 9.10. The van der Waals surface area contributed by atoms with Crippen LogP contribution in [0.4, 0.5) is 0 Å². The predicted octanol–water partition coefficient (Wildman–Crippen LogP) is 4.96. The minimum atomic E-state index is -0.0854. The van der Waals surface area contributed by atoms with E-state index in [4.69, 9.17) is 11.6 Å². The van der Waals surface area contributed by atoms with Crippen LogP contribution in [-0.2, 0) is 0 Å². The molecule has 0 aliphatic rings. The second-order valence-corrected chi connectivity index (χ2v) is 6.90. The second kappa shape index (κ2) is 6.07. The van der Waals surface area contributed by atoms with Gasteiger partial charge in [-0.15, -0.1) is 11.3 Å². The predicted molar refractivity (Wildman–Crippen MR) is 84.1 cm³/mol. The minimum absolute atomic E-state index is 0.0509. The number of carbonyl (C=O) groups is 1. The summed E-state index contributed by atoms with van der Waals surface area (Å²) in [7, 11) is 0. The first kappa shape index (κ1) is 14.6. The molecule has 2 aromatic rings. The number of amides is 1. The Bertz CT molecular complexity index is 611. The smallest absolute Gasteiger partial charge is 0.251 e. The Hall–Kier alpha value is -0.840. The van der Waals surface area contributed by atoms with Gasteiger partial charge in [-0.2, -0.15) is 0 Å². The fraction of sp³-hybridized carbons (Fsp3) is 0.214. The van der Waals surface area contributed by atoms with Crippen LogP contribution in [0.2, 0.25) is 4.34 Å². The van der Waals surface area contributed by atoms with Crippen LogP contribution in [0.3, 0.4) is 0 Å². The van der Waals surface area contributed by atoms with Crippen LogP contribution in [-0.4, -0.2) is 5.91 Å². The third-order valence-electron chi connectivity index (χ3n) is 2.80.